The number of esters is 1. The molecule has 22 heavy (non-hydrogen) atoms. The SMILES string of the molecule is CCn1ccc2c(N3CCCS3(=O)=O)cc(C(=O)OC)cc21. The first-order chi connectivity index (χ1) is 10.5. The fraction of sp³-hybridized carbons (Fsp3) is 0.400. The third-order valence-corrected chi connectivity index (χ3v) is 5.85. The van der Waals surface area contributed by atoms with E-state index in [1.54, 1.807) is 12.1 Å². The lowest BCUT2D eigenvalue weighted by Gasteiger charge is -2.19. The maximum absolute atomic E-state index is 12.2. The van der Waals surface area contributed by atoms with Gasteiger partial charge in [0.25, 0.3) is 0 Å². The van der Waals surface area contributed by atoms with Crippen LogP contribution in [0.3, 0.4) is 0 Å². The number of hydrogen-bond donors (Lipinski definition) is 0. The molecule has 0 aliphatic carbocycles. The minimum atomic E-state index is -3.31. The summed E-state index contributed by atoms with van der Waals surface area (Å²) in [7, 11) is -1.99. The van der Waals surface area contributed by atoms with Crippen molar-refractivity contribution in [2.45, 2.75) is 19.9 Å². The third kappa shape index (κ3) is 2.25. The van der Waals surface area contributed by atoms with Gasteiger partial charge in [0.15, 0.2) is 0 Å². The molecule has 0 atom stereocenters. The van der Waals surface area contributed by atoms with Gasteiger partial charge in [-0.15, -0.1) is 0 Å². The lowest BCUT2D eigenvalue weighted by Crippen LogP contribution is -2.25. The van der Waals surface area contributed by atoms with Crippen LogP contribution in [-0.2, 0) is 21.3 Å². The summed E-state index contributed by atoms with van der Waals surface area (Å²) in [4.78, 5) is 11.9. The largest absolute Gasteiger partial charge is 0.465 e. The molecule has 3 rings (SSSR count). The molecule has 1 aromatic carbocycles. The van der Waals surface area contributed by atoms with Crippen LogP contribution in [0.15, 0.2) is 24.4 Å². The number of anilines is 1. The Hall–Kier alpha value is -2.02. The van der Waals surface area contributed by atoms with E-state index in [-0.39, 0.29) is 5.75 Å². The first kappa shape index (κ1) is 14.9. The molecule has 1 fully saturated rings. The molecule has 1 aromatic heterocycles. The van der Waals surface area contributed by atoms with Gasteiger partial charge in [0.05, 0.1) is 29.6 Å². The molecule has 6 nitrogen and oxygen atoms in total. The van der Waals surface area contributed by atoms with E-state index in [4.69, 9.17) is 4.74 Å². The zero-order chi connectivity index (χ0) is 15.9. The highest BCUT2D eigenvalue weighted by Crippen LogP contribution is 2.34. The monoisotopic (exact) mass is 322 g/mol. The third-order valence-electron chi connectivity index (χ3n) is 4.00. The predicted molar refractivity (Wildman–Crippen MR) is 84.7 cm³/mol. The van der Waals surface area contributed by atoms with E-state index >= 15 is 0 Å². The van der Waals surface area contributed by atoms with Crippen LogP contribution in [0.1, 0.15) is 23.7 Å². The molecule has 118 valence electrons. The highest BCUT2D eigenvalue weighted by atomic mass is 32.2. The lowest BCUT2D eigenvalue weighted by molar-refractivity contribution is 0.0601. The summed E-state index contributed by atoms with van der Waals surface area (Å²) >= 11 is 0. The van der Waals surface area contributed by atoms with Gasteiger partial charge < -0.3 is 9.30 Å². The van der Waals surface area contributed by atoms with Crippen molar-refractivity contribution in [2.24, 2.45) is 0 Å². The highest BCUT2D eigenvalue weighted by Gasteiger charge is 2.30. The van der Waals surface area contributed by atoms with E-state index in [0.717, 1.165) is 17.4 Å². The maximum Gasteiger partial charge on any atom is 0.337 e. The molecule has 1 aliphatic rings. The van der Waals surface area contributed by atoms with Crippen LogP contribution in [0, 0.1) is 0 Å². The van der Waals surface area contributed by atoms with Crippen molar-refractivity contribution >= 4 is 32.6 Å². The maximum atomic E-state index is 12.2. The molecule has 2 heterocycles. The Bertz CT molecular complexity index is 839. The fourth-order valence-corrected chi connectivity index (χ4v) is 4.48. The Labute approximate surface area is 129 Å². The van der Waals surface area contributed by atoms with Crippen LogP contribution in [0.2, 0.25) is 0 Å². The number of fused-ring (bicyclic) bond motifs is 1. The Morgan fingerprint density at radius 1 is 1.36 bits per heavy atom. The number of aryl methyl sites for hydroxylation is 1. The van der Waals surface area contributed by atoms with Crippen molar-refractivity contribution < 1.29 is 17.9 Å². The second-order valence-electron chi connectivity index (χ2n) is 5.26. The normalized spacial score (nSPS) is 17.1. The first-order valence-electron chi connectivity index (χ1n) is 7.19. The minimum Gasteiger partial charge on any atom is -0.465 e. The summed E-state index contributed by atoms with van der Waals surface area (Å²) in [6, 6.07) is 5.25. The molecule has 0 amide bonds. The van der Waals surface area contributed by atoms with Gasteiger partial charge in [-0.1, -0.05) is 0 Å². The molecular weight excluding hydrogens is 304 g/mol. The van der Waals surface area contributed by atoms with Gasteiger partial charge in [-0.2, -0.15) is 0 Å². The van der Waals surface area contributed by atoms with Crippen molar-refractivity contribution in [3.8, 4) is 0 Å². The quantitative estimate of drug-likeness (QED) is 0.810. The zero-order valence-electron chi connectivity index (χ0n) is 12.6. The molecule has 0 spiro atoms. The zero-order valence-corrected chi connectivity index (χ0v) is 13.4. The van der Waals surface area contributed by atoms with Crippen LogP contribution in [0.4, 0.5) is 5.69 Å². The molecule has 1 aliphatic heterocycles. The van der Waals surface area contributed by atoms with E-state index in [1.165, 1.54) is 11.4 Å². The van der Waals surface area contributed by atoms with Crippen LogP contribution in [0.25, 0.3) is 10.9 Å². The van der Waals surface area contributed by atoms with E-state index in [1.807, 2.05) is 23.8 Å². The van der Waals surface area contributed by atoms with E-state index in [2.05, 4.69) is 0 Å². The second kappa shape index (κ2) is 5.31. The number of carbonyl (C=O) groups is 1. The van der Waals surface area contributed by atoms with Crippen LogP contribution in [0.5, 0.6) is 0 Å². The number of rotatable bonds is 3. The Morgan fingerprint density at radius 2 is 2.14 bits per heavy atom. The van der Waals surface area contributed by atoms with Gasteiger partial charge in [0, 0.05) is 24.7 Å². The Balaban J connectivity index is 2.28. The van der Waals surface area contributed by atoms with E-state index in [9.17, 15) is 13.2 Å². The summed E-state index contributed by atoms with van der Waals surface area (Å²) in [6.07, 6.45) is 2.50. The number of methoxy groups -OCH3 is 1. The molecule has 1 saturated heterocycles. The molecule has 7 heteroatoms. The first-order valence-corrected chi connectivity index (χ1v) is 8.80. The number of ether oxygens (including phenoxy) is 1. The van der Waals surface area contributed by atoms with Gasteiger partial charge in [-0.3, -0.25) is 4.31 Å². The number of nitrogens with zero attached hydrogens (tertiary/aromatic N) is 2. The lowest BCUT2D eigenvalue weighted by atomic mass is 10.1. The number of hydrogen-bond acceptors (Lipinski definition) is 4. The summed E-state index contributed by atoms with van der Waals surface area (Å²) in [5.74, 6) is -0.325. The van der Waals surface area contributed by atoms with Crippen molar-refractivity contribution in [3.05, 3.63) is 30.0 Å². The minimum absolute atomic E-state index is 0.144. The van der Waals surface area contributed by atoms with Crippen LogP contribution >= 0.6 is 0 Å². The van der Waals surface area contributed by atoms with Gasteiger partial charge in [-0.25, -0.2) is 13.2 Å². The Kier molecular flexibility index (Phi) is 3.60. The topological polar surface area (TPSA) is 68.6 Å². The van der Waals surface area contributed by atoms with Gasteiger partial charge in [-0.05, 0) is 31.5 Å². The van der Waals surface area contributed by atoms with Crippen molar-refractivity contribution in [1.82, 2.24) is 4.57 Å². The van der Waals surface area contributed by atoms with Crippen molar-refractivity contribution in [1.29, 1.82) is 0 Å². The summed E-state index contributed by atoms with van der Waals surface area (Å²) < 4.78 is 32.6. The summed E-state index contributed by atoms with van der Waals surface area (Å²) in [6.45, 7) is 3.18. The fourth-order valence-electron chi connectivity index (χ4n) is 2.90. The second-order valence-corrected chi connectivity index (χ2v) is 7.28. The number of benzene rings is 1. The van der Waals surface area contributed by atoms with E-state index in [0.29, 0.717) is 24.2 Å². The smallest absolute Gasteiger partial charge is 0.337 e. The standard InChI is InChI=1S/C15H18N2O4S/c1-3-16-7-5-12-13(16)9-11(15(18)21-2)10-14(12)17-6-4-8-22(17,19)20/h5,7,9-10H,3-4,6,8H2,1-2H3. The average molecular weight is 322 g/mol. The predicted octanol–water partition coefficient (Wildman–Crippen LogP) is 1.99. The number of sulfonamides is 1. The van der Waals surface area contributed by atoms with Crippen molar-refractivity contribution in [2.75, 3.05) is 23.7 Å². The molecule has 0 unspecified atom stereocenters. The van der Waals surface area contributed by atoms with Crippen molar-refractivity contribution in [3.63, 3.8) is 0 Å². The summed E-state index contributed by atoms with van der Waals surface area (Å²) in [5.41, 5.74) is 1.76. The van der Waals surface area contributed by atoms with Gasteiger partial charge in [0.1, 0.15) is 0 Å². The molecular formula is C15H18N2O4S. The van der Waals surface area contributed by atoms with Crippen LogP contribution in [-0.4, -0.2) is 38.4 Å². The highest BCUT2D eigenvalue weighted by molar-refractivity contribution is 7.93. The molecule has 0 radical (unpaired) electrons. The molecule has 0 N–H and O–H groups in total. The molecule has 0 bridgehead atoms. The Morgan fingerprint density at radius 3 is 2.73 bits per heavy atom. The summed E-state index contributed by atoms with van der Waals surface area (Å²) in [5, 5.41) is 0.833. The van der Waals surface area contributed by atoms with Gasteiger partial charge in [0.2, 0.25) is 10.0 Å². The van der Waals surface area contributed by atoms with E-state index < -0.39 is 16.0 Å². The number of aromatic nitrogens is 1. The molecule has 0 saturated carbocycles. The van der Waals surface area contributed by atoms with Gasteiger partial charge >= 0.3 is 5.97 Å². The number of carbonyl (C=O) groups excluding carboxylic acids is 1. The van der Waals surface area contributed by atoms with Crippen LogP contribution < -0.4 is 4.31 Å². The molecule has 2 aromatic rings. The average Bonchev–Trinajstić information content (AvgIpc) is 3.07.